The maximum absolute atomic E-state index is 14.4. The Kier molecular flexibility index (Phi) is 5.36. The Hall–Kier alpha value is -2.94. The number of halogens is 3. The lowest BCUT2D eigenvalue weighted by molar-refractivity contribution is -0.000201. The molecule has 0 atom stereocenters. The van der Waals surface area contributed by atoms with E-state index in [2.05, 4.69) is 25.4 Å². The van der Waals surface area contributed by atoms with Gasteiger partial charge < -0.3 is 15.0 Å². The van der Waals surface area contributed by atoms with Crippen LogP contribution >= 0.6 is 0 Å². The predicted octanol–water partition coefficient (Wildman–Crippen LogP) is 4.64. The van der Waals surface area contributed by atoms with Gasteiger partial charge in [0.2, 0.25) is 0 Å². The summed E-state index contributed by atoms with van der Waals surface area (Å²) in [5.41, 5.74) is 2.26. The quantitative estimate of drug-likeness (QED) is 0.620. The molecule has 168 valence electrons. The molecule has 0 saturated carbocycles. The highest BCUT2D eigenvalue weighted by atomic mass is 19.3. The van der Waals surface area contributed by atoms with Crippen LogP contribution in [0.3, 0.4) is 0 Å². The molecular weight excluding hydrogens is 419 g/mol. The lowest BCUT2D eigenvalue weighted by Crippen LogP contribution is -2.58. The van der Waals surface area contributed by atoms with E-state index in [1.165, 1.54) is 12.1 Å². The van der Waals surface area contributed by atoms with Crippen molar-refractivity contribution in [3.8, 4) is 0 Å². The summed E-state index contributed by atoms with van der Waals surface area (Å²) in [4.78, 5) is 6.90. The molecule has 9 heteroatoms. The van der Waals surface area contributed by atoms with E-state index in [1.54, 1.807) is 0 Å². The Balaban J connectivity index is 1.39. The highest BCUT2D eigenvalue weighted by molar-refractivity contribution is 5.92. The Bertz CT molecular complexity index is 1140. The molecule has 3 aromatic rings. The van der Waals surface area contributed by atoms with Crippen molar-refractivity contribution in [2.75, 3.05) is 36.5 Å². The van der Waals surface area contributed by atoms with E-state index in [0.29, 0.717) is 22.4 Å². The molecule has 2 saturated heterocycles. The van der Waals surface area contributed by atoms with Gasteiger partial charge in [-0.1, -0.05) is 18.2 Å². The Labute approximate surface area is 183 Å². The first-order chi connectivity index (χ1) is 15.5. The molecule has 1 spiro atoms. The van der Waals surface area contributed by atoms with Gasteiger partial charge in [-0.05, 0) is 25.8 Å². The van der Waals surface area contributed by atoms with Crippen LogP contribution in [0.25, 0.3) is 10.9 Å². The third-order valence-corrected chi connectivity index (χ3v) is 6.53. The predicted molar refractivity (Wildman–Crippen MR) is 115 cm³/mol. The van der Waals surface area contributed by atoms with Crippen molar-refractivity contribution < 1.29 is 17.9 Å². The summed E-state index contributed by atoms with van der Waals surface area (Å²) in [5.74, 6) is -0.455. The molecule has 6 nitrogen and oxygen atoms in total. The number of hydrogen-bond donors (Lipinski definition) is 1. The molecule has 1 aromatic carbocycles. The van der Waals surface area contributed by atoms with Crippen LogP contribution in [0.15, 0.2) is 30.5 Å². The van der Waals surface area contributed by atoms with Crippen LogP contribution in [0.2, 0.25) is 0 Å². The number of aromatic nitrogens is 3. The molecule has 0 amide bonds. The van der Waals surface area contributed by atoms with Crippen LogP contribution in [0.1, 0.15) is 36.1 Å². The normalized spacial score (nSPS) is 17.7. The van der Waals surface area contributed by atoms with Gasteiger partial charge in [-0.25, -0.2) is 13.2 Å². The van der Waals surface area contributed by atoms with E-state index in [-0.39, 0.29) is 12.1 Å². The number of nitrogens with one attached hydrogen (secondary N) is 1. The second kappa shape index (κ2) is 8.20. The summed E-state index contributed by atoms with van der Waals surface area (Å²) in [6.45, 7) is 5.41. The van der Waals surface area contributed by atoms with E-state index < -0.39 is 17.8 Å². The maximum atomic E-state index is 14.4. The largest absolute Gasteiger partial charge is 0.381 e. The number of hydrogen-bond acceptors (Lipinski definition) is 6. The Morgan fingerprint density at radius 2 is 1.97 bits per heavy atom. The average Bonchev–Trinajstić information content (AvgIpc) is 2.78. The number of nitrogens with zero attached hydrogens (tertiary/aromatic N) is 4. The standard InChI is InChI=1S/C23H24F3N5O/c1-14-20-18(9-16(11-27-20)31-12-23(13-31)5-7-32-8-6-23)22(30-29-14)28-10-15-3-2-4-17(19(15)24)21(25)26/h2-4,9,11,21H,5-8,10,12-13H2,1H3,(H,28,30). The van der Waals surface area contributed by atoms with Crippen LogP contribution in [-0.4, -0.2) is 41.5 Å². The highest BCUT2D eigenvalue weighted by Crippen LogP contribution is 2.42. The van der Waals surface area contributed by atoms with Gasteiger partial charge >= 0.3 is 0 Å². The third kappa shape index (κ3) is 3.74. The first-order valence-corrected chi connectivity index (χ1v) is 10.7. The van der Waals surface area contributed by atoms with Crippen LogP contribution in [-0.2, 0) is 11.3 Å². The molecule has 2 fully saturated rings. The first kappa shape index (κ1) is 20.9. The average molecular weight is 443 g/mol. The molecular formula is C23H24F3N5O. The van der Waals surface area contributed by atoms with Gasteiger partial charge in [-0.15, -0.1) is 5.10 Å². The Morgan fingerprint density at radius 1 is 1.19 bits per heavy atom. The molecule has 32 heavy (non-hydrogen) atoms. The number of ether oxygens (including phenoxy) is 1. The summed E-state index contributed by atoms with van der Waals surface area (Å²) >= 11 is 0. The van der Waals surface area contributed by atoms with Crippen LogP contribution in [0.5, 0.6) is 0 Å². The van der Waals surface area contributed by atoms with Gasteiger partial charge in [0.25, 0.3) is 6.43 Å². The lowest BCUT2D eigenvalue weighted by Gasteiger charge is -2.53. The van der Waals surface area contributed by atoms with Gasteiger partial charge in [-0.2, -0.15) is 5.10 Å². The number of rotatable bonds is 5. The summed E-state index contributed by atoms with van der Waals surface area (Å²) in [7, 11) is 0. The van der Waals surface area contributed by atoms with Crippen LogP contribution < -0.4 is 10.2 Å². The van der Waals surface area contributed by atoms with Crippen LogP contribution in [0.4, 0.5) is 24.7 Å². The van der Waals surface area contributed by atoms with Crippen LogP contribution in [0, 0.1) is 18.2 Å². The zero-order chi connectivity index (χ0) is 22.3. The molecule has 0 radical (unpaired) electrons. The fourth-order valence-electron chi connectivity index (χ4n) is 4.60. The minimum atomic E-state index is -2.86. The smallest absolute Gasteiger partial charge is 0.266 e. The molecule has 0 unspecified atom stereocenters. The van der Waals surface area contributed by atoms with Gasteiger partial charge in [0.15, 0.2) is 5.82 Å². The van der Waals surface area contributed by atoms with Gasteiger partial charge in [0, 0.05) is 49.2 Å². The van der Waals surface area contributed by atoms with Gasteiger partial charge in [0.1, 0.15) is 5.82 Å². The van der Waals surface area contributed by atoms with Crippen molar-refractivity contribution in [3.63, 3.8) is 0 Å². The number of anilines is 2. The van der Waals surface area contributed by atoms with Crippen molar-refractivity contribution in [1.82, 2.24) is 15.2 Å². The van der Waals surface area contributed by atoms with E-state index in [1.807, 2.05) is 19.2 Å². The molecule has 4 heterocycles. The summed E-state index contributed by atoms with van der Waals surface area (Å²) in [5, 5.41) is 12.2. The minimum Gasteiger partial charge on any atom is -0.381 e. The lowest BCUT2D eigenvalue weighted by atomic mass is 9.73. The first-order valence-electron chi connectivity index (χ1n) is 10.7. The number of fused-ring (bicyclic) bond motifs is 1. The summed E-state index contributed by atoms with van der Waals surface area (Å²) < 4.78 is 45.9. The van der Waals surface area contributed by atoms with Gasteiger partial charge in [-0.3, -0.25) is 4.98 Å². The molecule has 2 aliphatic rings. The van der Waals surface area contributed by atoms with Crippen molar-refractivity contribution in [1.29, 1.82) is 0 Å². The van der Waals surface area contributed by atoms with E-state index in [9.17, 15) is 13.2 Å². The van der Waals surface area contributed by atoms with Crippen molar-refractivity contribution >= 4 is 22.4 Å². The van der Waals surface area contributed by atoms with Gasteiger partial charge in [0.05, 0.1) is 28.7 Å². The molecule has 2 aromatic heterocycles. The summed E-state index contributed by atoms with van der Waals surface area (Å²) in [6.07, 6.45) is 1.13. The zero-order valence-electron chi connectivity index (χ0n) is 17.7. The SMILES string of the molecule is Cc1nnc(NCc2cccc(C(F)F)c2F)c2cc(N3CC4(CCOCC4)C3)cnc12. The fourth-order valence-corrected chi connectivity index (χ4v) is 4.60. The number of alkyl halides is 2. The number of aryl methyl sites for hydroxylation is 1. The molecule has 5 rings (SSSR count). The highest BCUT2D eigenvalue weighted by Gasteiger charge is 2.44. The van der Waals surface area contributed by atoms with E-state index in [4.69, 9.17) is 4.74 Å². The third-order valence-electron chi connectivity index (χ3n) is 6.53. The van der Waals surface area contributed by atoms with Crippen molar-refractivity contribution in [2.45, 2.75) is 32.7 Å². The monoisotopic (exact) mass is 443 g/mol. The maximum Gasteiger partial charge on any atom is 0.266 e. The molecule has 1 N–H and O–H groups in total. The molecule has 0 bridgehead atoms. The second-order valence-corrected chi connectivity index (χ2v) is 8.67. The Morgan fingerprint density at radius 3 is 2.72 bits per heavy atom. The molecule has 0 aliphatic carbocycles. The fraction of sp³-hybridized carbons (Fsp3) is 0.435. The second-order valence-electron chi connectivity index (χ2n) is 8.67. The molecule has 2 aliphatic heterocycles. The van der Waals surface area contributed by atoms with E-state index in [0.717, 1.165) is 56.3 Å². The number of pyridine rings is 1. The zero-order valence-corrected chi connectivity index (χ0v) is 17.7. The van der Waals surface area contributed by atoms with Crippen molar-refractivity contribution in [2.24, 2.45) is 5.41 Å². The minimum absolute atomic E-state index is 0.0102. The topological polar surface area (TPSA) is 63.2 Å². The van der Waals surface area contributed by atoms with E-state index >= 15 is 0 Å². The summed E-state index contributed by atoms with van der Waals surface area (Å²) in [6, 6.07) is 6.02. The van der Waals surface area contributed by atoms with Crippen molar-refractivity contribution in [3.05, 3.63) is 53.1 Å². The number of benzene rings is 1.